The van der Waals surface area contributed by atoms with Crippen LogP contribution in [0.15, 0.2) is 82.2 Å². The number of amidine groups is 1. The second-order valence-corrected chi connectivity index (χ2v) is 4.87. The van der Waals surface area contributed by atoms with Crippen molar-refractivity contribution in [3.63, 3.8) is 0 Å². The Kier molecular flexibility index (Phi) is 2.86. The molecule has 2 aromatic carbocycles. The maximum Gasteiger partial charge on any atom is 0.257 e. The van der Waals surface area contributed by atoms with Gasteiger partial charge in [-0.1, -0.05) is 60.7 Å². The number of aromatic amines is 1. The van der Waals surface area contributed by atoms with Crippen LogP contribution in [0.3, 0.4) is 0 Å². The van der Waals surface area contributed by atoms with E-state index in [4.69, 9.17) is 4.99 Å². The van der Waals surface area contributed by atoms with Crippen LogP contribution in [0.4, 0.5) is 0 Å². The van der Waals surface area contributed by atoms with E-state index >= 15 is 0 Å². The lowest BCUT2D eigenvalue weighted by Gasteiger charge is -2.18. The molecule has 0 fully saturated rings. The molecule has 0 radical (unpaired) electrons. The number of hydrogen-bond acceptors (Lipinski definition) is 5. The first-order valence-electron chi connectivity index (χ1n) is 6.88. The van der Waals surface area contributed by atoms with E-state index in [1.54, 1.807) is 0 Å². The first kappa shape index (κ1) is 12.6. The number of nitrogens with zero attached hydrogens (tertiary/aromatic N) is 5. The lowest BCUT2D eigenvalue weighted by Crippen LogP contribution is -2.23. The normalized spacial score (nSPS) is 20.1. The molecule has 0 saturated carbocycles. The van der Waals surface area contributed by atoms with Crippen LogP contribution in [0.2, 0.25) is 0 Å². The van der Waals surface area contributed by atoms with E-state index in [1.165, 1.54) is 6.33 Å². The van der Waals surface area contributed by atoms with Gasteiger partial charge in [0.15, 0.2) is 11.7 Å². The van der Waals surface area contributed by atoms with Crippen LogP contribution in [0.1, 0.15) is 17.0 Å². The summed E-state index contributed by atoms with van der Waals surface area (Å²) >= 11 is 0. The molecule has 6 heteroatoms. The van der Waals surface area contributed by atoms with Gasteiger partial charge in [0.2, 0.25) is 0 Å². The van der Waals surface area contributed by atoms with Gasteiger partial charge in [0, 0.05) is 11.1 Å². The molecule has 0 saturated heterocycles. The van der Waals surface area contributed by atoms with E-state index in [2.05, 4.69) is 25.4 Å². The Morgan fingerprint density at radius 1 is 0.864 bits per heavy atom. The smallest absolute Gasteiger partial charge is 0.257 e. The van der Waals surface area contributed by atoms with Crippen molar-refractivity contribution in [3.05, 3.63) is 83.9 Å². The van der Waals surface area contributed by atoms with Crippen LogP contribution in [-0.4, -0.2) is 21.0 Å². The monoisotopic (exact) mass is 288 g/mol. The summed E-state index contributed by atoms with van der Waals surface area (Å²) < 4.78 is 0. The third kappa shape index (κ3) is 1.93. The maximum absolute atomic E-state index is 4.75. The Labute approximate surface area is 126 Å². The van der Waals surface area contributed by atoms with Crippen LogP contribution >= 0.6 is 0 Å². The van der Waals surface area contributed by atoms with E-state index in [9.17, 15) is 0 Å². The maximum atomic E-state index is 4.75. The summed E-state index contributed by atoms with van der Waals surface area (Å²) in [7, 11) is 0. The van der Waals surface area contributed by atoms with Crippen LogP contribution in [0.25, 0.3) is 0 Å². The van der Waals surface area contributed by atoms with Gasteiger partial charge < -0.3 is 0 Å². The van der Waals surface area contributed by atoms with Crippen molar-refractivity contribution in [1.29, 1.82) is 0 Å². The number of H-pyrrole nitrogens is 1. The predicted molar refractivity (Wildman–Crippen MR) is 81.4 cm³/mol. The zero-order chi connectivity index (χ0) is 14.8. The van der Waals surface area contributed by atoms with Gasteiger partial charge in [0.25, 0.3) is 5.66 Å². The van der Waals surface area contributed by atoms with E-state index < -0.39 is 5.66 Å². The summed E-state index contributed by atoms with van der Waals surface area (Å²) in [6.07, 6.45) is 1.45. The van der Waals surface area contributed by atoms with E-state index in [0.717, 1.165) is 11.1 Å². The fourth-order valence-electron chi connectivity index (χ4n) is 2.43. The minimum Gasteiger partial charge on any atom is -0.259 e. The van der Waals surface area contributed by atoms with Gasteiger partial charge in [-0.05, 0) is 0 Å². The Morgan fingerprint density at radius 2 is 1.59 bits per heavy atom. The van der Waals surface area contributed by atoms with Gasteiger partial charge in [-0.25, -0.2) is 9.98 Å². The summed E-state index contributed by atoms with van der Waals surface area (Å²) in [4.78, 5) is 9.00. The molecular weight excluding hydrogens is 276 g/mol. The second kappa shape index (κ2) is 5.00. The molecule has 1 N–H and O–H groups in total. The van der Waals surface area contributed by atoms with Gasteiger partial charge in [0.1, 0.15) is 6.33 Å². The molecule has 6 nitrogen and oxygen atoms in total. The minimum absolute atomic E-state index is 0.549. The molecule has 1 aliphatic rings. The number of nitrogens with one attached hydrogen (secondary N) is 1. The third-order valence-corrected chi connectivity index (χ3v) is 3.51. The van der Waals surface area contributed by atoms with Gasteiger partial charge in [0.05, 0.1) is 0 Å². The molecule has 106 valence electrons. The fourth-order valence-corrected chi connectivity index (χ4v) is 2.43. The van der Waals surface area contributed by atoms with Crippen LogP contribution in [0.5, 0.6) is 0 Å². The van der Waals surface area contributed by atoms with Gasteiger partial charge >= 0.3 is 0 Å². The highest BCUT2D eigenvalue weighted by atomic mass is 15.4. The van der Waals surface area contributed by atoms with Crippen molar-refractivity contribution >= 4 is 5.84 Å². The van der Waals surface area contributed by atoms with Crippen LogP contribution < -0.4 is 0 Å². The molecule has 0 amide bonds. The number of aromatic nitrogens is 3. The first-order valence-corrected chi connectivity index (χ1v) is 6.88. The molecule has 0 bridgehead atoms. The van der Waals surface area contributed by atoms with Crippen molar-refractivity contribution in [1.82, 2.24) is 15.2 Å². The zero-order valence-electron chi connectivity index (χ0n) is 11.6. The molecule has 2 heterocycles. The van der Waals surface area contributed by atoms with Gasteiger partial charge in [-0.2, -0.15) is 5.10 Å². The van der Waals surface area contributed by atoms with Crippen molar-refractivity contribution in [2.24, 2.45) is 15.2 Å². The molecule has 3 aromatic rings. The minimum atomic E-state index is -0.997. The van der Waals surface area contributed by atoms with Crippen LogP contribution in [-0.2, 0) is 5.66 Å². The summed E-state index contributed by atoms with van der Waals surface area (Å²) in [5.74, 6) is 1.13. The molecule has 4 rings (SSSR count). The number of rotatable bonds is 3. The van der Waals surface area contributed by atoms with Crippen molar-refractivity contribution < 1.29 is 0 Å². The molecule has 1 unspecified atom stereocenters. The summed E-state index contributed by atoms with van der Waals surface area (Å²) in [5, 5.41) is 15.5. The summed E-state index contributed by atoms with van der Waals surface area (Å²) in [5.41, 5.74) is 0.813. The standard InChI is InChI=1S/C16H12N6/c1-3-7-12(8-4-1)14-19-16(22-20-14,15-17-11-18-21-15)13-9-5-2-6-10-13/h1-11H,(H,17,18,21). The predicted octanol–water partition coefficient (Wildman–Crippen LogP) is 2.92. The first-order chi connectivity index (χ1) is 10.9. The van der Waals surface area contributed by atoms with Gasteiger partial charge in [-0.15, -0.1) is 10.2 Å². The third-order valence-electron chi connectivity index (χ3n) is 3.51. The van der Waals surface area contributed by atoms with Crippen molar-refractivity contribution in [3.8, 4) is 0 Å². The van der Waals surface area contributed by atoms with E-state index in [-0.39, 0.29) is 0 Å². The molecular formula is C16H12N6. The van der Waals surface area contributed by atoms with Crippen LogP contribution in [0, 0.1) is 0 Å². The molecule has 1 aromatic heterocycles. The lowest BCUT2D eigenvalue weighted by molar-refractivity contribution is 0.533. The molecule has 0 aliphatic carbocycles. The Morgan fingerprint density at radius 3 is 2.27 bits per heavy atom. The number of benzene rings is 2. The van der Waals surface area contributed by atoms with Crippen molar-refractivity contribution in [2.75, 3.05) is 0 Å². The molecule has 0 spiro atoms. The molecule has 22 heavy (non-hydrogen) atoms. The number of hydrogen-bond donors (Lipinski definition) is 1. The van der Waals surface area contributed by atoms with E-state index in [1.807, 2.05) is 60.7 Å². The summed E-state index contributed by atoms with van der Waals surface area (Å²) in [6, 6.07) is 19.5. The Hall–Kier alpha value is -3.15. The van der Waals surface area contributed by atoms with E-state index in [0.29, 0.717) is 11.7 Å². The second-order valence-electron chi connectivity index (χ2n) is 4.87. The Bertz CT molecular complexity index is 824. The topological polar surface area (TPSA) is 78.6 Å². The largest absolute Gasteiger partial charge is 0.259 e. The highest BCUT2D eigenvalue weighted by Crippen LogP contribution is 2.37. The quantitative estimate of drug-likeness (QED) is 0.804. The SMILES string of the molecule is c1ccc(C2=NC(c3ccccc3)(c3ncn[nH]3)N=N2)cc1. The Balaban J connectivity index is 1.89. The number of azo groups is 1. The highest BCUT2D eigenvalue weighted by Gasteiger charge is 2.41. The molecule has 1 aliphatic heterocycles. The average Bonchev–Trinajstić information content (AvgIpc) is 3.27. The summed E-state index contributed by atoms with van der Waals surface area (Å²) in [6.45, 7) is 0. The average molecular weight is 288 g/mol. The number of aliphatic imine (C=N–C) groups is 1. The highest BCUT2D eigenvalue weighted by molar-refractivity contribution is 6.00. The fraction of sp³-hybridized carbons (Fsp3) is 0.0625. The lowest BCUT2D eigenvalue weighted by atomic mass is 10.00. The zero-order valence-corrected chi connectivity index (χ0v) is 11.6. The molecule has 1 atom stereocenters. The van der Waals surface area contributed by atoms with Crippen molar-refractivity contribution in [2.45, 2.75) is 5.66 Å². The van der Waals surface area contributed by atoms with Gasteiger partial charge in [-0.3, -0.25) is 5.10 Å².